The average Bonchev–Trinajstić information content (AvgIpc) is 2.91. The van der Waals surface area contributed by atoms with Crippen molar-refractivity contribution in [3.63, 3.8) is 0 Å². The van der Waals surface area contributed by atoms with Gasteiger partial charge in [0.05, 0.1) is 13.2 Å². The van der Waals surface area contributed by atoms with Crippen LogP contribution >= 0.6 is 0 Å². The van der Waals surface area contributed by atoms with E-state index in [1.165, 1.54) is 38.5 Å². The van der Waals surface area contributed by atoms with Crippen LogP contribution in [0.2, 0.25) is 0 Å². The van der Waals surface area contributed by atoms with Gasteiger partial charge in [-0.15, -0.1) is 0 Å². The highest BCUT2D eigenvalue weighted by molar-refractivity contribution is 4.87. The second-order valence-corrected chi connectivity index (χ2v) is 6.67. The molecule has 0 aromatic carbocycles. The topological polar surface area (TPSA) is 79.2 Å². The fraction of sp³-hybridized carbons (Fsp3) is 0.895. The normalized spacial score (nSPS) is 25.6. The van der Waals surface area contributed by atoms with Crippen LogP contribution in [0.15, 0.2) is 12.2 Å². The van der Waals surface area contributed by atoms with Crippen molar-refractivity contribution in [2.75, 3.05) is 19.8 Å². The maximum Gasteiger partial charge on any atom is 0.114 e. The Kier molecular flexibility index (Phi) is 12.4. The molecular weight excluding hydrogens is 308 g/mol. The van der Waals surface area contributed by atoms with Crippen LogP contribution in [0.1, 0.15) is 64.7 Å². The number of rotatable bonds is 14. The highest BCUT2D eigenvalue weighted by Crippen LogP contribution is 2.17. The Balaban J connectivity index is 1.88. The first-order chi connectivity index (χ1) is 11.7. The van der Waals surface area contributed by atoms with Gasteiger partial charge in [-0.05, 0) is 32.1 Å². The zero-order chi connectivity index (χ0) is 17.6. The maximum absolute atomic E-state index is 9.88. The molecule has 142 valence electrons. The molecule has 5 nitrogen and oxygen atoms in total. The van der Waals surface area contributed by atoms with Gasteiger partial charge in [0.1, 0.15) is 24.4 Å². The Bertz CT molecular complexity index is 321. The number of aliphatic hydroxyl groups excluding tert-OH is 3. The van der Waals surface area contributed by atoms with Crippen molar-refractivity contribution >= 4 is 0 Å². The van der Waals surface area contributed by atoms with E-state index >= 15 is 0 Å². The largest absolute Gasteiger partial charge is 0.388 e. The number of allylic oxidation sites excluding steroid dienone is 2. The Morgan fingerprint density at radius 2 is 1.71 bits per heavy atom. The highest BCUT2D eigenvalue weighted by atomic mass is 16.5. The third kappa shape index (κ3) is 9.14. The Hall–Kier alpha value is -0.460. The maximum atomic E-state index is 9.88. The molecule has 1 fully saturated rings. The first-order valence-electron chi connectivity index (χ1n) is 9.55. The van der Waals surface area contributed by atoms with Crippen LogP contribution in [0.4, 0.5) is 0 Å². The summed E-state index contributed by atoms with van der Waals surface area (Å²) in [5.41, 5.74) is 0. The lowest BCUT2D eigenvalue weighted by molar-refractivity contribution is -0.0813. The summed E-state index contributed by atoms with van der Waals surface area (Å²) in [6.07, 6.45) is 11.8. The van der Waals surface area contributed by atoms with E-state index in [9.17, 15) is 15.3 Å². The molecule has 0 bridgehead atoms. The van der Waals surface area contributed by atoms with Gasteiger partial charge >= 0.3 is 0 Å². The molecule has 0 unspecified atom stereocenters. The lowest BCUT2D eigenvalue weighted by atomic mass is 10.1. The molecule has 0 aromatic heterocycles. The van der Waals surface area contributed by atoms with Crippen LogP contribution in [0.5, 0.6) is 0 Å². The zero-order valence-corrected chi connectivity index (χ0v) is 15.1. The second-order valence-electron chi connectivity index (χ2n) is 6.67. The molecule has 3 N–H and O–H groups in total. The quantitative estimate of drug-likeness (QED) is 0.333. The third-order valence-corrected chi connectivity index (χ3v) is 4.41. The summed E-state index contributed by atoms with van der Waals surface area (Å²) in [6, 6.07) is 0. The summed E-state index contributed by atoms with van der Waals surface area (Å²) in [6.45, 7) is 3.02. The molecule has 4 atom stereocenters. The van der Waals surface area contributed by atoms with Crippen molar-refractivity contribution in [3.05, 3.63) is 12.2 Å². The van der Waals surface area contributed by atoms with Gasteiger partial charge in [0.15, 0.2) is 0 Å². The number of unbranched alkanes of at least 4 members (excludes halogenated alkanes) is 7. The second kappa shape index (κ2) is 13.8. The van der Waals surface area contributed by atoms with Gasteiger partial charge < -0.3 is 24.8 Å². The van der Waals surface area contributed by atoms with Crippen molar-refractivity contribution in [2.24, 2.45) is 0 Å². The summed E-state index contributed by atoms with van der Waals surface area (Å²) in [7, 11) is 0. The predicted octanol–water partition coefficient (Wildman–Crippen LogP) is 2.57. The average molecular weight is 344 g/mol. The highest BCUT2D eigenvalue weighted by Gasteiger charge is 2.39. The monoisotopic (exact) mass is 344 g/mol. The van der Waals surface area contributed by atoms with Gasteiger partial charge in [-0.3, -0.25) is 0 Å². The number of ether oxygens (including phenoxy) is 2. The van der Waals surface area contributed by atoms with Gasteiger partial charge in [0.25, 0.3) is 0 Å². The minimum atomic E-state index is -1.03. The molecule has 0 aliphatic carbocycles. The van der Waals surface area contributed by atoms with E-state index in [-0.39, 0.29) is 13.2 Å². The van der Waals surface area contributed by atoms with Gasteiger partial charge in [-0.1, -0.05) is 44.8 Å². The minimum absolute atomic E-state index is 0.0633. The lowest BCUT2D eigenvalue weighted by Gasteiger charge is -2.20. The number of hydrogen-bond donors (Lipinski definition) is 3. The summed E-state index contributed by atoms with van der Waals surface area (Å²) in [5.74, 6) is 0. The van der Waals surface area contributed by atoms with E-state index < -0.39 is 24.4 Å². The summed E-state index contributed by atoms with van der Waals surface area (Å²) < 4.78 is 10.6. The smallest absolute Gasteiger partial charge is 0.114 e. The first kappa shape index (κ1) is 21.6. The number of aliphatic hydroxyl groups is 3. The summed E-state index contributed by atoms with van der Waals surface area (Å²) in [5, 5.41) is 28.9. The van der Waals surface area contributed by atoms with E-state index in [1.54, 1.807) is 0 Å². The van der Waals surface area contributed by atoms with Gasteiger partial charge in [-0.2, -0.15) is 0 Å². The van der Waals surface area contributed by atoms with E-state index in [1.807, 2.05) is 0 Å². The molecule has 1 rings (SSSR count). The summed E-state index contributed by atoms with van der Waals surface area (Å²) >= 11 is 0. The molecule has 1 aliphatic rings. The minimum Gasteiger partial charge on any atom is -0.388 e. The molecule has 24 heavy (non-hydrogen) atoms. The molecule has 0 spiro atoms. The molecule has 1 heterocycles. The molecule has 0 amide bonds. The summed E-state index contributed by atoms with van der Waals surface area (Å²) in [4.78, 5) is 0. The molecular formula is C19H36O5. The van der Waals surface area contributed by atoms with Crippen molar-refractivity contribution in [2.45, 2.75) is 89.1 Å². The van der Waals surface area contributed by atoms with Crippen LogP contribution in [0.25, 0.3) is 0 Å². The van der Waals surface area contributed by atoms with Crippen molar-refractivity contribution < 1.29 is 24.8 Å². The first-order valence-corrected chi connectivity index (χ1v) is 9.55. The molecule has 0 saturated carbocycles. The van der Waals surface area contributed by atoms with E-state index in [2.05, 4.69) is 19.1 Å². The van der Waals surface area contributed by atoms with Crippen LogP contribution in [0, 0.1) is 0 Å². The van der Waals surface area contributed by atoms with Crippen LogP contribution < -0.4 is 0 Å². The Morgan fingerprint density at radius 3 is 2.33 bits per heavy atom. The van der Waals surface area contributed by atoms with Crippen LogP contribution in [-0.4, -0.2) is 59.6 Å². The Labute approximate surface area is 146 Å². The third-order valence-electron chi connectivity index (χ3n) is 4.41. The SMILES string of the molecule is CCCCCCC/C=C/CCCCOC[C@@H](O)[C@@H]1OC[C@H](O)[C@@H]1O. The van der Waals surface area contributed by atoms with Gasteiger partial charge in [0.2, 0.25) is 0 Å². The van der Waals surface area contributed by atoms with Crippen LogP contribution in [-0.2, 0) is 9.47 Å². The molecule has 1 aliphatic heterocycles. The fourth-order valence-corrected chi connectivity index (χ4v) is 2.83. The lowest BCUT2D eigenvalue weighted by Crippen LogP contribution is -2.40. The molecule has 1 saturated heterocycles. The molecule has 5 heteroatoms. The van der Waals surface area contributed by atoms with Gasteiger partial charge in [-0.25, -0.2) is 0 Å². The van der Waals surface area contributed by atoms with E-state index in [0.29, 0.717) is 6.61 Å². The van der Waals surface area contributed by atoms with E-state index in [0.717, 1.165) is 19.3 Å². The van der Waals surface area contributed by atoms with Gasteiger partial charge in [0, 0.05) is 6.61 Å². The zero-order valence-electron chi connectivity index (χ0n) is 15.1. The molecule has 0 radical (unpaired) electrons. The number of hydrogen-bond acceptors (Lipinski definition) is 5. The standard InChI is InChI=1S/C19H36O5/c1-2-3-4-5-6-7-8-9-10-11-12-13-23-14-17(21)19-18(22)16(20)15-24-19/h8-9,16-22H,2-7,10-15H2,1H3/b9-8+/t16-,17+,18-,19-/m0/s1. The fourth-order valence-electron chi connectivity index (χ4n) is 2.83. The molecule has 0 aromatic rings. The van der Waals surface area contributed by atoms with Crippen LogP contribution in [0.3, 0.4) is 0 Å². The van der Waals surface area contributed by atoms with E-state index in [4.69, 9.17) is 9.47 Å². The van der Waals surface area contributed by atoms with Crippen molar-refractivity contribution in [3.8, 4) is 0 Å². The van der Waals surface area contributed by atoms with Crippen molar-refractivity contribution in [1.82, 2.24) is 0 Å². The predicted molar refractivity (Wildman–Crippen MR) is 94.9 cm³/mol. The van der Waals surface area contributed by atoms with Crippen molar-refractivity contribution in [1.29, 1.82) is 0 Å². The Morgan fingerprint density at radius 1 is 1.04 bits per heavy atom.